The largest absolute Gasteiger partial charge is 0.366 e. The van der Waals surface area contributed by atoms with E-state index in [4.69, 9.17) is 5.73 Å². The number of rotatable bonds is 9. The summed E-state index contributed by atoms with van der Waals surface area (Å²) < 4.78 is 0. The number of carbonyl (C=O) groups excluding carboxylic acids is 5. The molecule has 0 radical (unpaired) electrons. The van der Waals surface area contributed by atoms with Crippen molar-refractivity contribution < 1.29 is 24.0 Å². The molecule has 5 amide bonds. The fourth-order valence-electron chi connectivity index (χ4n) is 4.59. The number of aryl methyl sites for hydroxylation is 1. The molecule has 1 unspecified atom stereocenters. The molecule has 0 spiro atoms. The predicted octanol–water partition coefficient (Wildman–Crippen LogP) is 4.93. The third kappa shape index (κ3) is 7.11. The molecule has 0 saturated carbocycles. The molecule has 1 heterocycles. The monoisotopic (exact) mass is 604 g/mol. The quantitative estimate of drug-likeness (QED) is 0.183. The van der Waals surface area contributed by atoms with Gasteiger partial charge in [-0.15, -0.1) is 11.8 Å². The highest BCUT2D eigenvalue weighted by molar-refractivity contribution is 8.00. The fourth-order valence-corrected chi connectivity index (χ4v) is 5.64. The van der Waals surface area contributed by atoms with Crippen LogP contribution in [0.4, 0.5) is 11.4 Å². The lowest BCUT2D eigenvalue weighted by Crippen LogP contribution is -2.31. The van der Waals surface area contributed by atoms with Crippen LogP contribution in [-0.2, 0) is 14.4 Å². The minimum absolute atomic E-state index is 0.0216. The number of primary amides is 1. The minimum atomic E-state index is -0.629. The number of carbonyl (C=O) groups is 5. The van der Waals surface area contributed by atoms with E-state index >= 15 is 0 Å². The Kier molecular flexibility index (Phi) is 9.01. The topological polar surface area (TPSA) is 139 Å². The van der Waals surface area contributed by atoms with Crippen molar-refractivity contribution in [1.82, 2.24) is 5.32 Å². The lowest BCUT2D eigenvalue weighted by molar-refractivity contribution is -0.121. The van der Waals surface area contributed by atoms with Gasteiger partial charge in [-0.1, -0.05) is 48.0 Å². The molecular weight excluding hydrogens is 576 g/mol. The van der Waals surface area contributed by atoms with E-state index in [1.54, 1.807) is 60.7 Å². The van der Waals surface area contributed by atoms with Crippen LogP contribution in [0.1, 0.15) is 38.3 Å². The van der Waals surface area contributed by atoms with Crippen molar-refractivity contribution in [3.05, 3.63) is 131 Å². The van der Waals surface area contributed by atoms with E-state index in [2.05, 4.69) is 10.6 Å². The number of imide groups is 1. The van der Waals surface area contributed by atoms with E-state index in [0.717, 1.165) is 20.9 Å². The zero-order chi connectivity index (χ0) is 31.2. The van der Waals surface area contributed by atoms with Crippen LogP contribution in [0.2, 0.25) is 0 Å². The molecule has 5 rings (SSSR count). The molecule has 0 aliphatic carbocycles. The molecule has 44 heavy (non-hydrogen) atoms. The van der Waals surface area contributed by atoms with Gasteiger partial charge >= 0.3 is 0 Å². The summed E-state index contributed by atoms with van der Waals surface area (Å²) in [5.74, 6) is -2.22. The molecule has 220 valence electrons. The molecule has 1 aliphatic heterocycles. The third-order valence-electron chi connectivity index (χ3n) is 6.79. The molecule has 4 aromatic rings. The second-order valence-corrected chi connectivity index (χ2v) is 11.3. The van der Waals surface area contributed by atoms with Gasteiger partial charge in [-0.2, -0.15) is 0 Å². The smallest absolute Gasteiger partial charge is 0.272 e. The van der Waals surface area contributed by atoms with E-state index in [0.29, 0.717) is 16.9 Å². The van der Waals surface area contributed by atoms with Crippen molar-refractivity contribution >= 4 is 58.7 Å². The first-order valence-corrected chi connectivity index (χ1v) is 14.6. The van der Waals surface area contributed by atoms with Gasteiger partial charge in [0.25, 0.3) is 11.8 Å². The summed E-state index contributed by atoms with van der Waals surface area (Å²) in [6.07, 6.45) is 1.64. The Hall–Kier alpha value is -5.48. The Morgan fingerprint density at radius 1 is 0.864 bits per heavy atom. The molecule has 1 saturated heterocycles. The Balaban J connectivity index is 1.27. The molecule has 9 nitrogen and oxygen atoms in total. The number of thioether (sulfide) groups is 1. The van der Waals surface area contributed by atoms with Crippen molar-refractivity contribution in [2.24, 2.45) is 5.73 Å². The van der Waals surface area contributed by atoms with Gasteiger partial charge in [0, 0.05) is 28.1 Å². The molecule has 10 heteroatoms. The molecule has 4 N–H and O–H groups in total. The highest BCUT2D eigenvalue weighted by Crippen LogP contribution is 2.34. The number of benzene rings is 4. The Morgan fingerprint density at radius 2 is 1.57 bits per heavy atom. The van der Waals surface area contributed by atoms with E-state index < -0.39 is 23.0 Å². The van der Waals surface area contributed by atoms with Crippen LogP contribution in [0.3, 0.4) is 0 Å². The maximum Gasteiger partial charge on any atom is 0.272 e. The summed E-state index contributed by atoms with van der Waals surface area (Å²) in [6.45, 7) is 1.94. The van der Waals surface area contributed by atoms with E-state index in [9.17, 15) is 24.0 Å². The number of amides is 5. The summed E-state index contributed by atoms with van der Waals surface area (Å²) in [5.41, 5.74) is 8.66. The summed E-state index contributed by atoms with van der Waals surface area (Å²) in [6, 6.07) is 29.0. The average Bonchev–Trinajstić information content (AvgIpc) is 3.30. The van der Waals surface area contributed by atoms with Crippen LogP contribution in [-0.4, -0.2) is 34.8 Å². The summed E-state index contributed by atoms with van der Waals surface area (Å²) >= 11 is 1.25. The van der Waals surface area contributed by atoms with Crippen LogP contribution < -0.4 is 21.3 Å². The summed E-state index contributed by atoms with van der Waals surface area (Å²) in [4.78, 5) is 65.2. The molecule has 1 atom stereocenters. The van der Waals surface area contributed by atoms with Gasteiger partial charge < -0.3 is 16.4 Å². The van der Waals surface area contributed by atoms with Crippen molar-refractivity contribution in [3.8, 4) is 0 Å². The minimum Gasteiger partial charge on any atom is -0.366 e. The zero-order valence-electron chi connectivity index (χ0n) is 23.7. The van der Waals surface area contributed by atoms with Gasteiger partial charge in [0.05, 0.1) is 10.9 Å². The zero-order valence-corrected chi connectivity index (χ0v) is 24.5. The maximum atomic E-state index is 13.3. The number of anilines is 2. The molecule has 0 bridgehead atoms. The van der Waals surface area contributed by atoms with Crippen molar-refractivity contribution in [2.75, 3.05) is 10.2 Å². The van der Waals surface area contributed by atoms with E-state index in [-0.39, 0.29) is 29.5 Å². The second-order valence-electron chi connectivity index (χ2n) is 10.1. The highest BCUT2D eigenvalue weighted by atomic mass is 32.2. The van der Waals surface area contributed by atoms with Crippen LogP contribution in [0.15, 0.2) is 114 Å². The van der Waals surface area contributed by atoms with Gasteiger partial charge in [-0.3, -0.25) is 24.0 Å². The van der Waals surface area contributed by atoms with Crippen LogP contribution in [0, 0.1) is 6.92 Å². The van der Waals surface area contributed by atoms with Crippen LogP contribution >= 0.6 is 11.8 Å². The van der Waals surface area contributed by atoms with Crippen LogP contribution in [0.5, 0.6) is 0 Å². The van der Waals surface area contributed by atoms with E-state index in [1.165, 1.54) is 36.0 Å². The number of nitrogens with zero attached hydrogens (tertiary/aromatic N) is 1. The summed E-state index contributed by atoms with van der Waals surface area (Å²) in [5, 5.41) is 4.91. The van der Waals surface area contributed by atoms with Crippen LogP contribution in [0.25, 0.3) is 6.08 Å². The first kappa shape index (κ1) is 30.0. The van der Waals surface area contributed by atoms with Crippen molar-refractivity contribution in [2.45, 2.75) is 23.5 Å². The standard InChI is InChI=1S/C34H28N4O5S/c1-21-6-5-7-22(18-21)19-28(37-32(41)24-8-3-2-4-9-24)33(42)36-25-12-16-27(17-13-25)44-29-20-30(39)38(34(29)43)26-14-10-23(11-15-26)31(35)40/h2-19,29H,20H2,1H3,(H2,35,40)(H,36,42)(H,37,41)/b28-19-. The first-order chi connectivity index (χ1) is 21.2. The molecule has 1 aliphatic rings. The highest BCUT2D eigenvalue weighted by Gasteiger charge is 2.40. The molecule has 4 aromatic carbocycles. The van der Waals surface area contributed by atoms with Gasteiger partial charge in [0.2, 0.25) is 17.7 Å². The van der Waals surface area contributed by atoms with Crippen molar-refractivity contribution in [3.63, 3.8) is 0 Å². The SMILES string of the molecule is Cc1cccc(/C=C(\NC(=O)c2ccccc2)C(=O)Nc2ccc(SC3CC(=O)N(c4ccc(C(N)=O)cc4)C3=O)cc2)c1. The summed E-state index contributed by atoms with van der Waals surface area (Å²) in [7, 11) is 0. The van der Waals surface area contributed by atoms with Crippen molar-refractivity contribution in [1.29, 1.82) is 0 Å². The number of nitrogens with two attached hydrogens (primary N) is 1. The Morgan fingerprint density at radius 3 is 2.23 bits per heavy atom. The lowest BCUT2D eigenvalue weighted by atomic mass is 10.1. The number of hydrogen-bond donors (Lipinski definition) is 3. The fraction of sp³-hybridized carbons (Fsp3) is 0.0882. The van der Waals surface area contributed by atoms with Gasteiger partial charge in [-0.05, 0) is 79.2 Å². The second kappa shape index (κ2) is 13.2. The average molecular weight is 605 g/mol. The van der Waals surface area contributed by atoms with Gasteiger partial charge in [0.1, 0.15) is 5.70 Å². The molecule has 1 fully saturated rings. The Labute approximate surface area is 258 Å². The third-order valence-corrected chi connectivity index (χ3v) is 7.98. The number of nitrogens with one attached hydrogen (secondary N) is 2. The van der Waals surface area contributed by atoms with Gasteiger partial charge in [-0.25, -0.2) is 4.90 Å². The maximum absolute atomic E-state index is 13.3. The predicted molar refractivity (Wildman–Crippen MR) is 170 cm³/mol. The first-order valence-electron chi connectivity index (χ1n) is 13.7. The molecular formula is C34H28N4O5S. The lowest BCUT2D eigenvalue weighted by Gasteiger charge is -2.15. The molecule has 0 aromatic heterocycles. The Bertz CT molecular complexity index is 1770. The van der Waals surface area contributed by atoms with E-state index in [1.807, 2.05) is 31.2 Å². The normalized spacial score (nSPS) is 14.8. The van der Waals surface area contributed by atoms with Gasteiger partial charge in [0.15, 0.2) is 0 Å². The number of hydrogen-bond acceptors (Lipinski definition) is 6.